The molecule has 96 valence electrons. The molecule has 1 unspecified atom stereocenters. The van der Waals surface area contributed by atoms with Crippen LogP contribution in [0.5, 0.6) is 0 Å². The van der Waals surface area contributed by atoms with Gasteiger partial charge in [0.25, 0.3) is 0 Å². The lowest BCUT2D eigenvalue weighted by Gasteiger charge is -2.35. The van der Waals surface area contributed by atoms with Gasteiger partial charge in [0.15, 0.2) is 0 Å². The van der Waals surface area contributed by atoms with Crippen molar-refractivity contribution in [2.45, 2.75) is 52.0 Å². The number of hydrogen-bond acceptors (Lipinski definition) is 2. The van der Waals surface area contributed by atoms with E-state index in [2.05, 4.69) is 0 Å². The molecule has 2 amide bonds. The summed E-state index contributed by atoms with van der Waals surface area (Å²) in [6.45, 7) is 4.58. The summed E-state index contributed by atoms with van der Waals surface area (Å²) in [5, 5.41) is 0. The number of nitrogens with two attached hydrogens (primary N) is 1. The first-order valence-electron chi connectivity index (χ1n) is 6.32. The lowest BCUT2D eigenvalue weighted by atomic mass is 9.98. The molecule has 0 aromatic heterocycles. The number of piperidine rings is 1. The largest absolute Gasteiger partial charge is 0.370 e. The van der Waals surface area contributed by atoms with Crippen molar-refractivity contribution < 1.29 is 9.59 Å². The van der Waals surface area contributed by atoms with Gasteiger partial charge in [-0.25, -0.2) is 0 Å². The summed E-state index contributed by atoms with van der Waals surface area (Å²) in [5.41, 5.74) is 6.00. The van der Waals surface area contributed by atoms with E-state index in [0.29, 0.717) is 0 Å². The predicted molar refractivity (Wildman–Crippen MR) is 67.2 cm³/mol. The standard InChI is InChI=1S/C13H22N2O2/c1-3-6-10(2)13(17)15-8-5-4-7-11(15)9-12(14)16/h6,11H,3-5,7-9H2,1-2H3,(H2,14,16)/b10-6+. The fourth-order valence-electron chi connectivity index (χ4n) is 2.33. The van der Waals surface area contributed by atoms with E-state index in [0.717, 1.165) is 37.8 Å². The molecule has 0 aromatic carbocycles. The van der Waals surface area contributed by atoms with Gasteiger partial charge in [0.2, 0.25) is 11.8 Å². The van der Waals surface area contributed by atoms with Crippen LogP contribution in [0.3, 0.4) is 0 Å². The molecule has 4 nitrogen and oxygen atoms in total. The van der Waals surface area contributed by atoms with E-state index in [1.165, 1.54) is 0 Å². The molecule has 1 rings (SSSR count). The molecule has 17 heavy (non-hydrogen) atoms. The fourth-order valence-corrected chi connectivity index (χ4v) is 2.33. The molecule has 1 atom stereocenters. The van der Waals surface area contributed by atoms with Gasteiger partial charge in [0.05, 0.1) is 0 Å². The third kappa shape index (κ3) is 3.88. The first-order valence-corrected chi connectivity index (χ1v) is 6.32. The molecular formula is C13H22N2O2. The Morgan fingerprint density at radius 2 is 2.12 bits per heavy atom. The van der Waals surface area contributed by atoms with Crippen molar-refractivity contribution in [2.75, 3.05) is 6.54 Å². The Bertz CT molecular complexity index is 323. The van der Waals surface area contributed by atoms with Crippen molar-refractivity contribution in [3.63, 3.8) is 0 Å². The summed E-state index contributed by atoms with van der Waals surface area (Å²) in [5.74, 6) is -0.273. The zero-order valence-corrected chi connectivity index (χ0v) is 10.7. The van der Waals surface area contributed by atoms with Crippen LogP contribution >= 0.6 is 0 Å². The lowest BCUT2D eigenvalue weighted by molar-refractivity contribution is -0.132. The number of primary amides is 1. The summed E-state index contributed by atoms with van der Waals surface area (Å²) in [4.78, 5) is 25.0. The smallest absolute Gasteiger partial charge is 0.249 e. The third-order valence-corrected chi connectivity index (χ3v) is 3.17. The van der Waals surface area contributed by atoms with Crippen LogP contribution in [0.4, 0.5) is 0 Å². The highest BCUT2D eigenvalue weighted by molar-refractivity contribution is 5.93. The van der Waals surface area contributed by atoms with Crippen LogP contribution in [-0.4, -0.2) is 29.3 Å². The molecular weight excluding hydrogens is 216 g/mol. The maximum absolute atomic E-state index is 12.2. The van der Waals surface area contributed by atoms with E-state index in [1.54, 1.807) is 0 Å². The van der Waals surface area contributed by atoms with Crippen LogP contribution in [0.1, 0.15) is 46.0 Å². The lowest BCUT2D eigenvalue weighted by Crippen LogP contribution is -2.45. The van der Waals surface area contributed by atoms with E-state index in [-0.39, 0.29) is 24.3 Å². The number of carbonyl (C=O) groups is 2. The van der Waals surface area contributed by atoms with Crippen LogP contribution in [0, 0.1) is 0 Å². The summed E-state index contributed by atoms with van der Waals surface area (Å²) >= 11 is 0. The van der Waals surface area contributed by atoms with Crippen molar-refractivity contribution in [2.24, 2.45) is 5.73 Å². The minimum absolute atomic E-state index is 0.00560. The van der Waals surface area contributed by atoms with Crippen LogP contribution < -0.4 is 5.73 Å². The van der Waals surface area contributed by atoms with E-state index >= 15 is 0 Å². The van der Waals surface area contributed by atoms with Gasteiger partial charge < -0.3 is 10.6 Å². The Morgan fingerprint density at radius 3 is 2.71 bits per heavy atom. The van der Waals surface area contributed by atoms with Gasteiger partial charge in [0.1, 0.15) is 0 Å². The minimum atomic E-state index is -0.327. The molecule has 1 aliphatic rings. The normalized spacial score (nSPS) is 21.4. The average molecular weight is 238 g/mol. The molecule has 2 N–H and O–H groups in total. The highest BCUT2D eigenvalue weighted by Crippen LogP contribution is 2.21. The van der Waals surface area contributed by atoms with Crippen molar-refractivity contribution >= 4 is 11.8 Å². The molecule has 1 heterocycles. The zero-order valence-electron chi connectivity index (χ0n) is 10.7. The van der Waals surface area contributed by atoms with E-state index < -0.39 is 0 Å². The number of rotatable bonds is 4. The minimum Gasteiger partial charge on any atom is -0.370 e. The summed E-state index contributed by atoms with van der Waals surface area (Å²) in [6.07, 6.45) is 6.03. The van der Waals surface area contributed by atoms with Crippen molar-refractivity contribution in [1.29, 1.82) is 0 Å². The molecule has 1 fully saturated rings. The second-order valence-corrected chi connectivity index (χ2v) is 4.61. The second kappa shape index (κ2) is 6.42. The maximum Gasteiger partial charge on any atom is 0.249 e. The van der Waals surface area contributed by atoms with E-state index in [4.69, 9.17) is 5.73 Å². The fraction of sp³-hybridized carbons (Fsp3) is 0.692. The Hall–Kier alpha value is -1.32. The topological polar surface area (TPSA) is 63.4 Å². The van der Waals surface area contributed by atoms with Gasteiger partial charge in [-0.15, -0.1) is 0 Å². The van der Waals surface area contributed by atoms with Gasteiger partial charge in [-0.1, -0.05) is 13.0 Å². The van der Waals surface area contributed by atoms with Crippen LogP contribution in [0.25, 0.3) is 0 Å². The van der Waals surface area contributed by atoms with Crippen molar-refractivity contribution in [3.05, 3.63) is 11.6 Å². The van der Waals surface area contributed by atoms with Gasteiger partial charge >= 0.3 is 0 Å². The van der Waals surface area contributed by atoms with Gasteiger partial charge in [-0.05, 0) is 32.6 Å². The number of nitrogens with zero attached hydrogens (tertiary/aromatic N) is 1. The molecule has 0 spiro atoms. The highest BCUT2D eigenvalue weighted by atomic mass is 16.2. The maximum atomic E-state index is 12.2. The average Bonchev–Trinajstić information content (AvgIpc) is 2.28. The monoisotopic (exact) mass is 238 g/mol. The second-order valence-electron chi connectivity index (χ2n) is 4.61. The van der Waals surface area contributed by atoms with Crippen molar-refractivity contribution in [1.82, 2.24) is 4.90 Å². The van der Waals surface area contributed by atoms with E-state index in [9.17, 15) is 9.59 Å². The number of allylic oxidation sites excluding steroid dienone is 1. The first-order chi connectivity index (χ1) is 8.06. The Balaban J connectivity index is 2.73. The van der Waals surface area contributed by atoms with Gasteiger partial charge in [-0.2, -0.15) is 0 Å². The SMILES string of the molecule is CC/C=C(\C)C(=O)N1CCCCC1CC(N)=O. The Kier molecular flexibility index (Phi) is 5.19. The Labute approximate surface area is 103 Å². The quantitative estimate of drug-likeness (QED) is 0.756. The molecule has 4 heteroatoms. The summed E-state index contributed by atoms with van der Waals surface area (Å²) in [6, 6.07) is -0.00560. The van der Waals surface area contributed by atoms with Crippen molar-refractivity contribution in [3.8, 4) is 0 Å². The number of hydrogen-bond donors (Lipinski definition) is 1. The van der Waals surface area contributed by atoms with Crippen LogP contribution in [-0.2, 0) is 9.59 Å². The molecule has 0 aliphatic carbocycles. The number of likely N-dealkylation sites (tertiary alicyclic amines) is 1. The first kappa shape index (κ1) is 13.7. The Morgan fingerprint density at radius 1 is 1.41 bits per heavy atom. The molecule has 0 radical (unpaired) electrons. The number of amides is 2. The van der Waals surface area contributed by atoms with Gasteiger partial charge in [-0.3, -0.25) is 9.59 Å². The third-order valence-electron chi connectivity index (χ3n) is 3.17. The summed E-state index contributed by atoms with van der Waals surface area (Å²) < 4.78 is 0. The van der Waals surface area contributed by atoms with E-state index in [1.807, 2.05) is 24.8 Å². The number of carbonyl (C=O) groups excluding carboxylic acids is 2. The predicted octanol–water partition coefficient (Wildman–Crippen LogP) is 1.60. The molecule has 1 aliphatic heterocycles. The van der Waals surface area contributed by atoms with Gasteiger partial charge in [0, 0.05) is 24.6 Å². The van der Waals surface area contributed by atoms with Crippen LogP contribution in [0.15, 0.2) is 11.6 Å². The summed E-state index contributed by atoms with van der Waals surface area (Å²) in [7, 11) is 0. The molecule has 0 aromatic rings. The molecule has 0 saturated carbocycles. The zero-order chi connectivity index (χ0) is 12.8. The molecule has 0 bridgehead atoms. The highest BCUT2D eigenvalue weighted by Gasteiger charge is 2.28. The molecule has 1 saturated heterocycles. The van der Waals surface area contributed by atoms with Crippen LogP contribution in [0.2, 0.25) is 0 Å².